The molecule has 0 bridgehead atoms. The Bertz CT molecular complexity index is 1770. The maximum absolute atomic E-state index is 13.2. The molecule has 0 atom stereocenters. The summed E-state index contributed by atoms with van der Waals surface area (Å²) in [6, 6.07) is 25.8. The molecule has 0 unspecified atom stereocenters. The van der Waals surface area contributed by atoms with E-state index in [9.17, 15) is 4.79 Å². The molecule has 170 valence electrons. The summed E-state index contributed by atoms with van der Waals surface area (Å²) in [6.45, 7) is 2.03. The molecule has 0 saturated carbocycles. The number of aryl methyl sites for hydroxylation is 1. The molecule has 3 heterocycles. The third-order valence-electron chi connectivity index (χ3n) is 5.66. The molecule has 0 aliphatic rings. The van der Waals surface area contributed by atoms with Gasteiger partial charge in [-0.3, -0.25) is 4.79 Å². The number of halogens is 1. The minimum absolute atomic E-state index is 0.190. The normalized spacial score (nSPS) is 12.0. The lowest BCUT2D eigenvalue weighted by molar-refractivity contribution is 0.884. The summed E-state index contributed by atoms with van der Waals surface area (Å²) >= 11 is 4.82. The number of thiazole rings is 1. The van der Waals surface area contributed by atoms with Gasteiger partial charge >= 0.3 is 0 Å². The van der Waals surface area contributed by atoms with Gasteiger partial charge in [-0.15, -0.1) is 5.10 Å². The monoisotopic (exact) mass is 539 g/mol. The van der Waals surface area contributed by atoms with Crippen molar-refractivity contribution in [3.8, 4) is 28.3 Å². The number of fused-ring (bicyclic) bond motifs is 1. The standard InChI is InChI=1S/C27H18BrN5OS/c1-17-7-9-19(10-8-17)25-29-27-33(31-25)26(34)23(35-27)15-20-16-32(22-5-3-2-4-6-22)30-24(20)18-11-13-21(28)14-12-18/h2-16H,1H3. The summed E-state index contributed by atoms with van der Waals surface area (Å²) in [5.74, 6) is 0.548. The summed E-state index contributed by atoms with van der Waals surface area (Å²) in [5, 5.41) is 9.32. The van der Waals surface area contributed by atoms with E-state index < -0.39 is 0 Å². The summed E-state index contributed by atoms with van der Waals surface area (Å²) < 4.78 is 4.76. The van der Waals surface area contributed by atoms with Gasteiger partial charge in [0, 0.05) is 27.4 Å². The lowest BCUT2D eigenvalue weighted by Crippen LogP contribution is -2.23. The van der Waals surface area contributed by atoms with Crippen LogP contribution < -0.4 is 10.1 Å². The van der Waals surface area contributed by atoms with E-state index in [1.54, 1.807) is 0 Å². The third kappa shape index (κ3) is 4.11. The predicted molar refractivity (Wildman–Crippen MR) is 143 cm³/mol. The fraction of sp³-hybridized carbons (Fsp3) is 0.0370. The molecule has 8 heteroatoms. The number of rotatable bonds is 4. The quantitative estimate of drug-likeness (QED) is 0.305. The van der Waals surface area contributed by atoms with E-state index in [-0.39, 0.29) is 5.56 Å². The van der Waals surface area contributed by atoms with Crippen LogP contribution in [-0.2, 0) is 0 Å². The highest BCUT2D eigenvalue weighted by Gasteiger charge is 2.15. The van der Waals surface area contributed by atoms with E-state index in [4.69, 9.17) is 5.10 Å². The Hall–Kier alpha value is -3.88. The minimum Gasteiger partial charge on any atom is -0.266 e. The zero-order chi connectivity index (χ0) is 23.9. The SMILES string of the molecule is Cc1ccc(-c2nc3sc(=Cc4cn(-c5ccccc5)nc4-c4ccc(Br)cc4)c(=O)n3n2)cc1. The molecular weight excluding hydrogens is 522 g/mol. The van der Waals surface area contributed by atoms with Crippen LogP contribution in [0.25, 0.3) is 39.4 Å². The maximum Gasteiger partial charge on any atom is 0.291 e. The van der Waals surface area contributed by atoms with Gasteiger partial charge in [0.15, 0.2) is 5.82 Å². The Morgan fingerprint density at radius 2 is 1.60 bits per heavy atom. The number of benzene rings is 3. The smallest absolute Gasteiger partial charge is 0.266 e. The van der Waals surface area contributed by atoms with Gasteiger partial charge in [-0.25, -0.2) is 4.68 Å². The van der Waals surface area contributed by atoms with Crippen molar-refractivity contribution >= 4 is 38.3 Å². The van der Waals surface area contributed by atoms with Crippen molar-refractivity contribution in [3.63, 3.8) is 0 Å². The van der Waals surface area contributed by atoms with Crippen molar-refractivity contribution in [1.29, 1.82) is 0 Å². The van der Waals surface area contributed by atoms with Crippen molar-refractivity contribution in [1.82, 2.24) is 24.4 Å². The molecule has 0 amide bonds. The zero-order valence-electron chi connectivity index (χ0n) is 18.6. The fourth-order valence-electron chi connectivity index (χ4n) is 3.84. The van der Waals surface area contributed by atoms with E-state index in [1.165, 1.54) is 15.9 Å². The van der Waals surface area contributed by atoms with E-state index >= 15 is 0 Å². The van der Waals surface area contributed by atoms with Crippen LogP contribution in [0.4, 0.5) is 0 Å². The Balaban J connectivity index is 1.48. The first kappa shape index (κ1) is 21.6. The lowest BCUT2D eigenvalue weighted by Gasteiger charge is -2.00. The topological polar surface area (TPSA) is 65.1 Å². The Morgan fingerprint density at radius 1 is 0.886 bits per heavy atom. The van der Waals surface area contributed by atoms with E-state index in [0.29, 0.717) is 15.3 Å². The molecule has 35 heavy (non-hydrogen) atoms. The largest absolute Gasteiger partial charge is 0.291 e. The molecular formula is C27H18BrN5OS. The molecule has 6 rings (SSSR count). The molecule has 6 aromatic rings. The Kier molecular flexibility index (Phi) is 5.39. The first-order valence-corrected chi connectivity index (χ1v) is 12.6. The molecule has 0 N–H and O–H groups in total. The van der Waals surface area contributed by atoms with Gasteiger partial charge in [0.2, 0.25) is 4.96 Å². The van der Waals surface area contributed by atoms with Crippen molar-refractivity contribution in [2.45, 2.75) is 6.92 Å². The van der Waals surface area contributed by atoms with Crippen LogP contribution in [0.3, 0.4) is 0 Å². The molecule has 0 radical (unpaired) electrons. The number of hydrogen-bond acceptors (Lipinski definition) is 5. The zero-order valence-corrected chi connectivity index (χ0v) is 21.0. The van der Waals surface area contributed by atoms with Gasteiger partial charge in [-0.2, -0.15) is 14.6 Å². The third-order valence-corrected chi connectivity index (χ3v) is 7.15. The number of aromatic nitrogens is 5. The highest BCUT2D eigenvalue weighted by molar-refractivity contribution is 9.10. The van der Waals surface area contributed by atoms with Crippen molar-refractivity contribution in [2.24, 2.45) is 0 Å². The van der Waals surface area contributed by atoms with Crippen LogP contribution in [0.15, 0.2) is 94.3 Å². The second-order valence-electron chi connectivity index (χ2n) is 8.13. The number of hydrogen-bond donors (Lipinski definition) is 0. The van der Waals surface area contributed by atoms with Crippen LogP contribution in [0.5, 0.6) is 0 Å². The number of para-hydroxylation sites is 1. The van der Waals surface area contributed by atoms with Crippen molar-refractivity contribution in [2.75, 3.05) is 0 Å². The first-order valence-electron chi connectivity index (χ1n) is 10.9. The minimum atomic E-state index is -0.190. The molecule has 3 aromatic carbocycles. The number of nitrogens with zero attached hydrogens (tertiary/aromatic N) is 5. The van der Waals surface area contributed by atoms with Gasteiger partial charge in [-0.05, 0) is 37.3 Å². The molecule has 0 aliphatic carbocycles. The second-order valence-corrected chi connectivity index (χ2v) is 10.1. The van der Waals surface area contributed by atoms with Crippen molar-refractivity contribution < 1.29 is 0 Å². The Morgan fingerprint density at radius 3 is 2.31 bits per heavy atom. The average molecular weight is 540 g/mol. The predicted octanol–water partition coefficient (Wildman–Crippen LogP) is 5.29. The summed E-state index contributed by atoms with van der Waals surface area (Å²) in [6.07, 6.45) is 3.82. The molecule has 0 fully saturated rings. The lowest BCUT2D eigenvalue weighted by atomic mass is 10.1. The highest BCUT2D eigenvalue weighted by Crippen LogP contribution is 2.26. The van der Waals surface area contributed by atoms with Gasteiger partial charge in [0.05, 0.1) is 15.9 Å². The highest BCUT2D eigenvalue weighted by atomic mass is 79.9. The van der Waals surface area contributed by atoms with E-state index in [1.807, 2.05) is 103 Å². The molecule has 6 nitrogen and oxygen atoms in total. The van der Waals surface area contributed by atoms with Crippen LogP contribution in [0.1, 0.15) is 11.1 Å². The van der Waals surface area contributed by atoms with Gasteiger partial charge in [0.25, 0.3) is 5.56 Å². The van der Waals surface area contributed by atoms with Gasteiger partial charge in [0.1, 0.15) is 0 Å². The van der Waals surface area contributed by atoms with Gasteiger partial charge < -0.3 is 0 Å². The molecule has 0 spiro atoms. The first-order chi connectivity index (χ1) is 17.0. The van der Waals surface area contributed by atoms with Gasteiger partial charge in [-0.1, -0.05) is 87.4 Å². The second kappa shape index (κ2) is 8.72. The van der Waals surface area contributed by atoms with Crippen LogP contribution in [-0.4, -0.2) is 24.4 Å². The Labute approximate surface area is 213 Å². The van der Waals surface area contributed by atoms with Crippen LogP contribution in [0, 0.1) is 6.92 Å². The summed E-state index contributed by atoms with van der Waals surface area (Å²) in [7, 11) is 0. The fourth-order valence-corrected chi connectivity index (χ4v) is 5.00. The summed E-state index contributed by atoms with van der Waals surface area (Å²) in [4.78, 5) is 18.4. The van der Waals surface area contributed by atoms with E-state index in [2.05, 4.69) is 26.0 Å². The van der Waals surface area contributed by atoms with Crippen molar-refractivity contribution in [3.05, 3.63) is 116 Å². The molecule has 3 aromatic heterocycles. The maximum atomic E-state index is 13.2. The average Bonchev–Trinajstić information content (AvgIpc) is 3.56. The van der Waals surface area contributed by atoms with E-state index in [0.717, 1.165) is 38.1 Å². The summed E-state index contributed by atoms with van der Waals surface area (Å²) in [5.41, 5.74) is 5.40. The van der Waals surface area contributed by atoms with Crippen LogP contribution >= 0.6 is 27.3 Å². The van der Waals surface area contributed by atoms with Crippen LogP contribution in [0.2, 0.25) is 0 Å². The molecule has 0 saturated heterocycles. The molecule has 0 aliphatic heterocycles.